The van der Waals surface area contributed by atoms with Crippen molar-refractivity contribution in [2.75, 3.05) is 6.61 Å². The van der Waals surface area contributed by atoms with Crippen LogP contribution in [-0.4, -0.2) is 12.6 Å². The predicted octanol–water partition coefficient (Wildman–Crippen LogP) is 2.74. The maximum atomic E-state index is 11.2. The molecule has 0 aliphatic heterocycles. The second-order valence-electron chi connectivity index (χ2n) is 4.08. The third-order valence-electron chi connectivity index (χ3n) is 2.40. The average molecular weight is 279 g/mol. The van der Waals surface area contributed by atoms with E-state index in [4.69, 9.17) is 27.3 Å². The molecule has 1 atom stereocenters. The van der Waals surface area contributed by atoms with Gasteiger partial charge in [-0.2, -0.15) is 5.26 Å². The van der Waals surface area contributed by atoms with Crippen LogP contribution in [0.25, 0.3) is 0 Å². The van der Waals surface area contributed by atoms with Gasteiger partial charge in [0.15, 0.2) is 0 Å². The number of benzene rings is 1. The third-order valence-corrected chi connectivity index (χ3v) is 2.64. The molecular formula is C14H15ClN2O2. The van der Waals surface area contributed by atoms with Crippen molar-refractivity contribution in [3.63, 3.8) is 0 Å². The van der Waals surface area contributed by atoms with Crippen LogP contribution in [0.5, 0.6) is 0 Å². The molecule has 0 saturated heterocycles. The minimum atomic E-state index is -0.497. The number of nitrogens with zero attached hydrogens (tertiary/aromatic N) is 1. The van der Waals surface area contributed by atoms with Crippen molar-refractivity contribution in [3.8, 4) is 6.07 Å². The lowest BCUT2D eigenvalue weighted by molar-refractivity contribution is -0.137. The first-order valence-electron chi connectivity index (χ1n) is 5.78. The van der Waals surface area contributed by atoms with Crippen molar-refractivity contribution in [1.29, 1.82) is 5.26 Å². The van der Waals surface area contributed by atoms with Gasteiger partial charge in [0, 0.05) is 23.2 Å². The van der Waals surface area contributed by atoms with Gasteiger partial charge in [0.1, 0.15) is 0 Å². The summed E-state index contributed by atoms with van der Waals surface area (Å²) in [6, 6.07) is 9.26. The number of hydrogen-bond acceptors (Lipinski definition) is 4. The van der Waals surface area contributed by atoms with Crippen LogP contribution in [0.1, 0.15) is 24.8 Å². The molecule has 0 radical (unpaired) electrons. The molecule has 0 aliphatic carbocycles. The highest BCUT2D eigenvalue weighted by atomic mass is 35.5. The van der Waals surface area contributed by atoms with E-state index in [1.165, 1.54) is 6.08 Å². The summed E-state index contributed by atoms with van der Waals surface area (Å²) in [6.07, 6.45) is 1.63. The van der Waals surface area contributed by atoms with Gasteiger partial charge in [-0.3, -0.25) is 0 Å². The summed E-state index contributed by atoms with van der Waals surface area (Å²) in [5, 5.41) is 9.70. The molecule has 19 heavy (non-hydrogen) atoms. The normalized spacial score (nSPS) is 12.6. The fourth-order valence-electron chi connectivity index (χ4n) is 1.53. The van der Waals surface area contributed by atoms with Crippen molar-refractivity contribution in [3.05, 3.63) is 46.6 Å². The molecule has 1 aromatic carbocycles. The molecule has 2 N–H and O–H groups in total. The van der Waals surface area contributed by atoms with Crippen molar-refractivity contribution in [1.82, 2.24) is 0 Å². The van der Waals surface area contributed by atoms with Crippen molar-refractivity contribution in [2.24, 2.45) is 5.73 Å². The van der Waals surface area contributed by atoms with E-state index in [1.807, 2.05) is 6.07 Å². The zero-order chi connectivity index (χ0) is 14.3. The molecule has 1 unspecified atom stereocenters. The second-order valence-corrected chi connectivity index (χ2v) is 4.52. The standard InChI is InChI=1S/C14H15ClN2O2/c1-10(17)7-14(18)19-6-5-12(9-16)11-3-2-4-13(15)8-11/h2-4,7-8,12H,5-6,17H2,1H3/b10-7-. The Kier molecular flexibility index (Phi) is 5.91. The number of rotatable bonds is 5. The van der Waals surface area contributed by atoms with Gasteiger partial charge in [-0.15, -0.1) is 0 Å². The number of halogens is 1. The number of allylic oxidation sites excluding steroid dienone is 1. The van der Waals surface area contributed by atoms with Gasteiger partial charge in [0.05, 0.1) is 18.6 Å². The fourth-order valence-corrected chi connectivity index (χ4v) is 1.73. The summed E-state index contributed by atoms with van der Waals surface area (Å²) < 4.78 is 4.96. The summed E-state index contributed by atoms with van der Waals surface area (Å²) >= 11 is 5.87. The molecule has 5 heteroatoms. The van der Waals surface area contributed by atoms with E-state index in [0.29, 0.717) is 17.1 Å². The number of nitrogens with two attached hydrogens (primary N) is 1. The van der Waals surface area contributed by atoms with Gasteiger partial charge < -0.3 is 10.5 Å². The number of carbonyl (C=O) groups is 1. The molecular weight excluding hydrogens is 264 g/mol. The van der Waals surface area contributed by atoms with Crippen LogP contribution in [0.3, 0.4) is 0 Å². The summed E-state index contributed by atoms with van der Waals surface area (Å²) in [5.41, 5.74) is 6.55. The van der Waals surface area contributed by atoms with Gasteiger partial charge in [0.25, 0.3) is 0 Å². The number of ether oxygens (including phenoxy) is 1. The van der Waals surface area contributed by atoms with E-state index in [2.05, 4.69) is 6.07 Å². The number of hydrogen-bond donors (Lipinski definition) is 1. The Balaban J connectivity index is 2.53. The van der Waals surface area contributed by atoms with E-state index < -0.39 is 5.97 Å². The van der Waals surface area contributed by atoms with Gasteiger partial charge in [-0.05, 0) is 24.6 Å². The summed E-state index contributed by atoms with van der Waals surface area (Å²) in [7, 11) is 0. The van der Waals surface area contributed by atoms with Gasteiger partial charge in [0.2, 0.25) is 0 Å². The first-order valence-corrected chi connectivity index (χ1v) is 6.16. The molecule has 0 heterocycles. The van der Waals surface area contributed by atoms with Crippen LogP contribution in [0.4, 0.5) is 0 Å². The molecule has 0 amide bonds. The Labute approximate surface area is 117 Å². The highest BCUT2D eigenvalue weighted by Gasteiger charge is 2.11. The number of nitriles is 1. The molecule has 0 saturated carbocycles. The van der Waals surface area contributed by atoms with E-state index >= 15 is 0 Å². The lowest BCUT2D eigenvalue weighted by atomic mass is 9.98. The van der Waals surface area contributed by atoms with E-state index in [-0.39, 0.29) is 12.5 Å². The maximum absolute atomic E-state index is 11.2. The summed E-state index contributed by atoms with van der Waals surface area (Å²) in [6.45, 7) is 1.76. The van der Waals surface area contributed by atoms with Crippen LogP contribution in [0, 0.1) is 11.3 Å². The van der Waals surface area contributed by atoms with Crippen molar-refractivity contribution >= 4 is 17.6 Å². The monoisotopic (exact) mass is 278 g/mol. The average Bonchev–Trinajstić information content (AvgIpc) is 2.33. The quantitative estimate of drug-likeness (QED) is 0.664. The zero-order valence-electron chi connectivity index (χ0n) is 10.6. The molecule has 100 valence electrons. The van der Waals surface area contributed by atoms with Gasteiger partial charge >= 0.3 is 5.97 Å². The molecule has 0 aliphatic rings. The molecule has 4 nitrogen and oxygen atoms in total. The highest BCUT2D eigenvalue weighted by molar-refractivity contribution is 6.30. The second kappa shape index (κ2) is 7.45. The van der Waals surface area contributed by atoms with Crippen LogP contribution in [0.15, 0.2) is 36.0 Å². The molecule has 1 rings (SSSR count). The summed E-state index contributed by atoms with van der Waals surface area (Å²) in [5.74, 6) is -0.850. The predicted molar refractivity (Wildman–Crippen MR) is 73.3 cm³/mol. The van der Waals surface area contributed by atoms with Gasteiger partial charge in [-0.1, -0.05) is 23.7 Å². The Morgan fingerprint density at radius 2 is 2.37 bits per heavy atom. The zero-order valence-corrected chi connectivity index (χ0v) is 11.4. The number of carbonyl (C=O) groups excluding carboxylic acids is 1. The molecule has 0 spiro atoms. The highest BCUT2D eigenvalue weighted by Crippen LogP contribution is 2.22. The fraction of sp³-hybridized carbons (Fsp3) is 0.286. The molecule has 0 fully saturated rings. The Hall–Kier alpha value is -1.99. The Morgan fingerprint density at radius 3 is 2.95 bits per heavy atom. The Morgan fingerprint density at radius 1 is 1.63 bits per heavy atom. The minimum absolute atomic E-state index is 0.160. The first kappa shape index (κ1) is 15.1. The third kappa shape index (κ3) is 5.45. The van der Waals surface area contributed by atoms with E-state index in [9.17, 15) is 4.79 Å². The van der Waals surface area contributed by atoms with Crippen LogP contribution in [0.2, 0.25) is 5.02 Å². The summed E-state index contributed by atoms with van der Waals surface area (Å²) in [4.78, 5) is 11.2. The topological polar surface area (TPSA) is 76.1 Å². The first-order chi connectivity index (χ1) is 9.02. The van der Waals surface area contributed by atoms with Crippen molar-refractivity contribution < 1.29 is 9.53 Å². The van der Waals surface area contributed by atoms with Gasteiger partial charge in [-0.25, -0.2) is 4.79 Å². The Bertz CT molecular complexity index is 516. The SMILES string of the molecule is C/C(N)=C/C(=O)OCCC(C#N)c1cccc(Cl)c1. The van der Waals surface area contributed by atoms with E-state index in [0.717, 1.165) is 5.56 Å². The smallest absolute Gasteiger partial charge is 0.332 e. The minimum Gasteiger partial charge on any atom is -0.462 e. The number of esters is 1. The lowest BCUT2D eigenvalue weighted by Gasteiger charge is -2.09. The maximum Gasteiger partial charge on any atom is 0.332 e. The van der Waals surface area contributed by atoms with Crippen LogP contribution < -0.4 is 5.73 Å². The van der Waals surface area contributed by atoms with Crippen LogP contribution in [-0.2, 0) is 9.53 Å². The molecule has 0 aromatic heterocycles. The lowest BCUT2D eigenvalue weighted by Crippen LogP contribution is -2.08. The van der Waals surface area contributed by atoms with Crippen molar-refractivity contribution in [2.45, 2.75) is 19.3 Å². The van der Waals surface area contributed by atoms with E-state index in [1.54, 1.807) is 25.1 Å². The molecule has 1 aromatic rings. The molecule has 0 bridgehead atoms. The largest absolute Gasteiger partial charge is 0.462 e. The van der Waals surface area contributed by atoms with Crippen LogP contribution >= 0.6 is 11.6 Å².